The number of hydrogen-bond acceptors (Lipinski definition) is 7. The van der Waals surface area contributed by atoms with E-state index in [1.165, 1.54) is 0 Å². The Morgan fingerprint density at radius 3 is 2.31 bits per heavy atom. The summed E-state index contributed by atoms with van der Waals surface area (Å²) in [5.74, 6) is -1.33. The molecule has 11 nitrogen and oxygen atoms in total. The van der Waals surface area contributed by atoms with E-state index in [-0.39, 0.29) is 24.2 Å². The van der Waals surface area contributed by atoms with Crippen molar-refractivity contribution in [3.05, 3.63) is 0 Å². The molecule has 0 spiro atoms. The first-order valence-electron chi connectivity index (χ1n) is 9.35. The predicted octanol–water partition coefficient (Wildman–Crippen LogP) is -2.37. The zero-order chi connectivity index (χ0) is 22.4. The Bertz CT molecular complexity index is 582. The first kappa shape index (κ1) is 26.7. The molecule has 12 heteroatoms. The van der Waals surface area contributed by atoms with Crippen molar-refractivity contribution in [2.45, 2.75) is 51.2 Å². The van der Waals surface area contributed by atoms with E-state index in [9.17, 15) is 19.2 Å². The molecule has 166 valence electrons. The van der Waals surface area contributed by atoms with Crippen LogP contribution in [-0.4, -0.2) is 66.9 Å². The van der Waals surface area contributed by atoms with E-state index in [1.54, 1.807) is 0 Å². The lowest BCUT2D eigenvalue weighted by Crippen LogP contribution is -2.53. The largest absolute Gasteiger partial charge is 0.370 e. The van der Waals surface area contributed by atoms with E-state index < -0.39 is 35.8 Å². The topological polar surface area (TPSA) is 195 Å². The Kier molecular flexibility index (Phi) is 13.4. The number of hydrogen-bond donors (Lipinski definition) is 7. The molecule has 0 rings (SSSR count). The van der Waals surface area contributed by atoms with Crippen LogP contribution in [0.5, 0.6) is 0 Å². The van der Waals surface area contributed by atoms with Crippen LogP contribution >= 0.6 is 12.6 Å². The number of aldehydes is 1. The van der Waals surface area contributed by atoms with Crippen molar-refractivity contribution < 1.29 is 19.2 Å². The molecule has 0 bridgehead atoms. The van der Waals surface area contributed by atoms with Crippen LogP contribution in [0, 0.1) is 5.92 Å². The molecule has 0 aliphatic rings. The molecule has 0 unspecified atom stereocenters. The minimum atomic E-state index is -0.849. The summed E-state index contributed by atoms with van der Waals surface area (Å²) in [6.07, 6.45) is 1.84. The van der Waals surface area contributed by atoms with Crippen LogP contribution in [0.4, 0.5) is 0 Å². The fourth-order valence-corrected chi connectivity index (χ4v) is 2.47. The number of thiol groups is 1. The van der Waals surface area contributed by atoms with Crippen molar-refractivity contribution in [1.29, 1.82) is 0 Å². The van der Waals surface area contributed by atoms with Gasteiger partial charge in [0, 0.05) is 12.3 Å². The maximum absolute atomic E-state index is 12.5. The second-order valence-corrected chi connectivity index (χ2v) is 7.32. The zero-order valence-electron chi connectivity index (χ0n) is 16.9. The van der Waals surface area contributed by atoms with Crippen molar-refractivity contribution in [3.8, 4) is 0 Å². The Balaban J connectivity index is 4.74. The van der Waals surface area contributed by atoms with E-state index >= 15 is 0 Å². The fraction of sp³-hybridized carbons (Fsp3) is 0.706. The van der Waals surface area contributed by atoms with Crippen molar-refractivity contribution in [2.24, 2.45) is 28.1 Å². The molecule has 0 aromatic heterocycles. The third kappa shape index (κ3) is 12.7. The number of carbonyl (C=O) groups is 4. The van der Waals surface area contributed by atoms with Crippen molar-refractivity contribution in [2.75, 3.05) is 18.8 Å². The van der Waals surface area contributed by atoms with Gasteiger partial charge in [-0.3, -0.25) is 19.4 Å². The molecule has 0 heterocycles. The van der Waals surface area contributed by atoms with Crippen LogP contribution in [0.15, 0.2) is 4.99 Å². The molecule has 0 aliphatic heterocycles. The summed E-state index contributed by atoms with van der Waals surface area (Å²) in [6, 6.07) is -2.40. The lowest BCUT2D eigenvalue weighted by Gasteiger charge is -2.22. The highest BCUT2D eigenvalue weighted by molar-refractivity contribution is 7.80. The molecule has 0 aromatic rings. The van der Waals surface area contributed by atoms with Crippen LogP contribution in [0.1, 0.15) is 33.1 Å². The van der Waals surface area contributed by atoms with Gasteiger partial charge in [0.1, 0.15) is 12.3 Å². The SMILES string of the molecule is CC(C)C[C@H](NC(=O)CNC(=O)[C@@H](N)CS)C(=O)N[C@H](C=O)CCCN=C(N)N. The number of aliphatic imine (C=N–C) groups is 1. The third-order valence-electron chi connectivity index (χ3n) is 3.77. The molecule has 29 heavy (non-hydrogen) atoms. The van der Waals surface area contributed by atoms with Crippen LogP contribution in [0.2, 0.25) is 0 Å². The molecular formula is C17H33N7O4S. The molecule has 3 amide bonds. The average molecular weight is 432 g/mol. The second kappa shape index (κ2) is 14.6. The number of carbonyl (C=O) groups excluding carboxylic acids is 4. The number of rotatable bonds is 14. The molecule has 9 N–H and O–H groups in total. The molecular weight excluding hydrogens is 398 g/mol. The van der Waals surface area contributed by atoms with E-state index in [2.05, 4.69) is 33.6 Å². The summed E-state index contributed by atoms with van der Waals surface area (Å²) < 4.78 is 0. The van der Waals surface area contributed by atoms with Gasteiger partial charge < -0.3 is 37.9 Å². The number of nitrogens with zero attached hydrogens (tertiary/aromatic N) is 1. The maximum atomic E-state index is 12.5. The minimum absolute atomic E-state index is 0.0428. The van der Waals surface area contributed by atoms with E-state index in [4.69, 9.17) is 17.2 Å². The smallest absolute Gasteiger partial charge is 0.243 e. The molecule has 0 fully saturated rings. The van der Waals surface area contributed by atoms with Gasteiger partial charge >= 0.3 is 0 Å². The van der Waals surface area contributed by atoms with Crippen LogP contribution in [0.25, 0.3) is 0 Å². The normalized spacial score (nSPS) is 13.7. The molecule has 0 saturated heterocycles. The van der Waals surface area contributed by atoms with E-state index in [1.807, 2.05) is 13.8 Å². The summed E-state index contributed by atoms with van der Waals surface area (Å²) in [5.41, 5.74) is 16.0. The van der Waals surface area contributed by atoms with Gasteiger partial charge in [-0.25, -0.2) is 0 Å². The first-order chi connectivity index (χ1) is 13.6. The van der Waals surface area contributed by atoms with E-state index in [0.717, 1.165) is 0 Å². The van der Waals surface area contributed by atoms with Crippen molar-refractivity contribution >= 4 is 42.6 Å². The summed E-state index contributed by atoms with van der Waals surface area (Å²) in [5, 5.41) is 7.56. The average Bonchev–Trinajstić information content (AvgIpc) is 2.66. The molecule has 0 aromatic carbocycles. The van der Waals surface area contributed by atoms with Gasteiger partial charge in [-0.05, 0) is 25.2 Å². The lowest BCUT2D eigenvalue weighted by molar-refractivity contribution is -0.131. The highest BCUT2D eigenvalue weighted by Gasteiger charge is 2.24. The first-order valence-corrected chi connectivity index (χ1v) is 9.98. The van der Waals surface area contributed by atoms with Crippen molar-refractivity contribution in [1.82, 2.24) is 16.0 Å². The number of guanidine groups is 1. The quantitative estimate of drug-likeness (QED) is 0.0524. The van der Waals surface area contributed by atoms with Crippen LogP contribution < -0.4 is 33.2 Å². The van der Waals surface area contributed by atoms with Gasteiger partial charge in [-0.1, -0.05) is 13.8 Å². The molecule has 3 atom stereocenters. The summed E-state index contributed by atoms with van der Waals surface area (Å²) >= 11 is 3.91. The Morgan fingerprint density at radius 2 is 1.79 bits per heavy atom. The van der Waals surface area contributed by atoms with Gasteiger partial charge in [-0.2, -0.15) is 12.6 Å². The maximum Gasteiger partial charge on any atom is 0.243 e. The van der Waals surface area contributed by atoms with Gasteiger partial charge in [-0.15, -0.1) is 0 Å². The number of nitrogens with two attached hydrogens (primary N) is 3. The summed E-state index contributed by atoms with van der Waals surface area (Å²) in [4.78, 5) is 51.3. The summed E-state index contributed by atoms with van der Waals surface area (Å²) in [6.45, 7) is 3.80. The second-order valence-electron chi connectivity index (χ2n) is 6.96. The minimum Gasteiger partial charge on any atom is -0.370 e. The standard InChI is InChI=1S/C17H33N7O4S/c1-10(2)6-13(24-14(26)7-22-15(27)12(18)9-29)16(28)23-11(8-25)4-3-5-21-17(19)20/h8,10-13,29H,3-7,9,18H2,1-2H3,(H,22,27)(H,23,28)(H,24,26)(H4,19,20,21)/t11-,12-,13-/m0/s1. The van der Waals surface area contributed by atoms with Gasteiger partial charge in [0.25, 0.3) is 0 Å². The lowest BCUT2D eigenvalue weighted by atomic mass is 10.0. The van der Waals surface area contributed by atoms with Gasteiger partial charge in [0.05, 0.1) is 18.6 Å². The Morgan fingerprint density at radius 1 is 1.14 bits per heavy atom. The monoisotopic (exact) mass is 431 g/mol. The summed E-state index contributed by atoms with van der Waals surface area (Å²) in [7, 11) is 0. The van der Waals surface area contributed by atoms with Gasteiger partial charge in [0.15, 0.2) is 5.96 Å². The zero-order valence-corrected chi connectivity index (χ0v) is 17.8. The van der Waals surface area contributed by atoms with E-state index in [0.29, 0.717) is 32.1 Å². The van der Waals surface area contributed by atoms with Crippen molar-refractivity contribution in [3.63, 3.8) is 0 Å². The molecule has 0 aliphatic carbocycles. The molecule has 0 radical (unpaired) electrons. The third-order valence-corrected chi connectivity index (χ3v) is 4.17. The highest BCUT2D eigenvalue weighted by Crippen LogP contribution is 2.06. The number of amides is 3. The van der Waals surface area contributed by atoms with Crippen LogP contribution in [0.3, 0.4) is 0 Å². The Hall–Kier alpha value is -2.34. The predicted molar refractivity (Wildman–Crippen MR) is 114 cm³/mol. The number of nitrogens with one attached hydrogen (secondary N) is 3. The highest BCUT2D eigenvalue weighted by atomic mass is 32.1. The Labute approximate surface area is 176 Å². The fourth-order valence-electron chi connectivity index (χ4n) is 2.31. The molecule has 0 saturated carbocycles. The van der Waals surface area contributed by atoms with Gasteiger partial charge in [0.2, 0.25) is 17.7 Å². The van der Waals surface area contributed by atoms with Crippen LogP contribution in [-0.2, 0) is 19.2 Å².